The molecule has 1 aromatic rings. The zero-order chi connectivity index (χ0) is 12.3. The fraction of sp³-hybridized carbons (Fsp3) is 0.300. The number of hydrogen-bond acceptors (Lipinski definition) is 3. The molecule has 3 nitrogen and oxygen atoms in total. The molecule has 0 saturated carbocycles. The quantitative estimate of drug-likeness (QED) is 0.760. The van der Waals surface area contributed by atoms with E-state index in [4.69, 9.17) is 0 Å². The van der Waals surface area contributed by atoms with E-state index in [1.165, 1.54) is 0 Å². The number of sulfone groups is 1. The standard InChI is InChI=1S/C10H10F2O3S/c1-16(14,15)5-4-10(13)8-6-7(11)2-3-9(8)12/h2-3,6H,4-5H2,1H3. The molecule has 0 radical (unpaired) electrons. The maximum Gasteiger partial charge on any atom is 0.166 e. The number of ketones is 1. The average Bonchev–Trinajstić information content (AvgIpc) is 2.17. The summed E-state index contributed by atoms with van der Waals surface area (Å²) in [6, 6.07) is 2.49. The van der Waals surface area contributed by atoms with E-state index < -0.39 is 32.8 Å². The van der Waals surface area contributed by atoms with Crippen LogP contribution in [0.1, 0.15) is 16.8 Å². The second-order valence-corrected chi connectivity index (χ2v) is 5.69. The molecule has 0 N–H and O–H groups in total. The molecule has 6 heteroatoms. The lowest BCUT2D eigenvalue weighted by Gasteiger charge is -2.02. The van der Waals surface area contributed by atoms with Gasteiger partial charge in [-0.2, -0.15) is 0 Å². The van der Waals surface area contributed by atoms with E-state index in [2.05, 4.69) is 0 Å². The number of carbonyl (C=O) groups excluding carboxylic acids is 1. The summed E-state index contributed by atoms with van der Waals surface area (Å²) in [6.07, 6.45) is 0.626. The second kappa shape index (κ2) is 4.69. The fourth-order valence-corrected chi connectivity index (χ4v) is 1.68. The van der Waals surface area contributed by atoms with Crippen molar-refractivity contribution in [3.8, 4) is 0 Å². The Labute approximate surface area is 92.0 Å². The number of carbonyl (C=O) groups is 1. The van der Waals surface area contributed by atoms with Crippen molar-refractivity contribution in [3.05, 3.63) is 35.4 Å². The molecule has 0 unspecified atom stereocenters. The van der Waals surface area contributed by atoms with Crippen molar-refractivity contribution in [2.45, 2.75) is 6.42 Å². The normalized spacial score (nSPS) is 11.4. The Morgan fingerprint density at radius 2 is 1.94 bits per heavy atom. The minimum Gasteiger partial charge on any atom is -0.294 e. The van der Waals surface area contributed by atoms with Gasteiger partial charge in [-0.1, -0.05) is 0 Å². The Balaban J connectivity index is 2.85. The molecule has 88 valence electrons. The molecule has 0 aliphatic heterocycles. The van der Waals surface area contributed by atoms with Gasteiger partial charge in [0.15, 0.2) is 5.78 Å². The predicted molar refractivity (Wildman–Crippen MR) is 55.0 cm³/mol. The molecule has 0 saturated heterocycles. The first kappa shape index (κ1) is 12.8. The van der Waals surface area contributed by atoms with Gasteiger partial charge in [-0.25, -0.2) is 17.2 Å². The van der Waals surface area contributed by atoms with Crippen molar-refractivity contribution in [2.24, 2.45) is 0 Å². The Morgan fingerprint density at radius 3 is 2.50 bits per heavy atom. The topological polar surface area (TPSA) is 51.2 Å². The second-order valence-electron chi connectivity index (χ2n) is 3.43. The van der Waals surface area contributed by atoms with E-state index in [0.717, 1.165) is 24.5 Å². The maximum absolute atomic E-state index is 13.1. The molecular weight excluding hydrogens is 238 g/mol. The van der Waals surface area contributed by atoms with Gasteiger partial charge in [0.2, 0.25) is 0 Å². The minimum atomic E-state index is -3.29. The number of Topliss-reactive ketones (excluding diaryl/α,β-unsaturated/α-hetero) is 1. The van der Waals surface area contributed by atoms with Crippen LogP contribution in [0.2, 0.25) is 0 Å². The molecule has 0 aromatic heterocycles. The SMILES string of the molecule is CS(=O)(=O)CCC(=O)c1cc(F)ccc1F. The highest BCUT2D eigenvalue weighted by Crippen LogP contribution is 2.12. The lowest BCUT2D eigenvalue weighted by atomic mass is 10.1. The van der Waals surface area contributed by atoms with E-state index in [1.54, 1.807) is 0 Å². The maximum atomic E-state index is 13.1. The summed E-state index contributed by atoms with van der Waals surface area (Å²) in [4.78, 5) is 11.4. The van der Waals surface area contributed by atoms with Crippen molar-refractivity contribution < 1.29 is 22.0 Å². The molecule has 0 aliphatic carbocycles. The van der Waals surface area contributed by atoms with Crippen LogP contribution in [0.15, 0.2) is 18.2 Å². The first-order valence-electron chi connectivity index (χ1n) is 4.45. The summed E-state index contributed by atoms with van der Waals surface area (Å²) in [5, 5.41) is 0. The molecule has 1 aromatic carbocycles. The molecule has 0 atom stereocenters. The highest BCUT2D eigenvalue weighted by atomic mass is 32.2. The number of hydrogen-bond donors (Lipinski definition) is 0. The van der Waals surface area contributed by atoms with Crippen LogP contribution in [0, 0.1) is 11.6 Å². The molecular formula is C10H10F2O3S. The van der Waals surface area contributed by atoms with Crippen molar-refractivity contribution in [1.29, 1.82) is 0 Å². The minimum absolute atomic E-state index is 0.348. The highest BCUT2D eigenvalue weighted by Gasteiger charge is 2.14. The van der Waals surface area contributed by atoms with Gasteiger partial charge in [-0.15, -0.1) is 0 Å². The van der Waals surface area contributed by atoms with E-state index in [9.17, 15) is 22.0 Å². The summed E-state index contributed by atoms with van der Waals surface area (Å²) in [5.41, 5.74) is -0.413. The lowest BCUT2D eigenvalue weighted by molar-refractivity contribution is 0.0984. The molecule has 0 fully saturated rings. The first-order chi connectivity index (χ1) is 7.29. The summed E-state index contributed by atoms with van der Waals surface area (Å²) in [6.45, 7) is 0. The third-order valence-corrected chi connectivity index (χ3v) is 2.87. The van der Waals surface area contributed by atoms with Crippen LogP contribution in [-0.2, 0) is 9.84 Å². The fourth-order valence-electron chi connectivity index (χ4n) is 1.12. The van der Waals surface area contributed by atoms with Crippen LogP contribution in [0.3, 0.4) is 0 Å². The summed E-state index contributed by atoms with van der Waals surface area (Å²) >= 11 is 0. The van der Waals surface area contributed by atoms with E-state index in [-0.39, 0.29) is 12.2 Å². The first-order valence-corrected chi connectivity index (χ1v) is 6.51. The van der Waals surface area contributed by atoms with Gasteiger partial charge in [0.05, 0.1) is 11.3 Å². The monoisotopic (exact) mass is 248 g/mol. The van der Waals surface area contributed by atoms with E-state index in [1.807, 2.05) is 0 Å². The van der Waals surface area contributed by atoms with Crippen LogP contribution in [-0.4, -0.2) is 26.2 Å². The van der Waals surface area contributed by atoms with Gasteiger partial charge >= 0.3 is 0 Å². The van der Waals surface area contributed by atoms with E-state index >= 15 is 0 Å². The zero-order valence-electron chi connectivity index (χ0n) is 8.54. The Kier molecular flexibility index (Phi) is 3.74. The molecule has 0 bridgehead atoms. The van der Waals surface area contributed by atoms with Crippen LogP contribution < -0.4 is 0 Å². The van der Waals surface area contributed by atoms with Crippen molar-refractivity contribution in [3.63, 3.8) is 0 Å². The van der Waals surface area contributed by atoms with Gasteiger partial charge in [-0.3, -0.25) is 4.79 Å². The van der Waals surface area contributed by atoms with Gasteiger partial charge in [0.25, 0.3) is 0 Å². The van der Waals surface area contributed by atoms with Crippen LogP contribution in [0.25, 0.3) is 0 Å². The van der Waals surface area contributed by atoms with Gasteiger partial charge in [0.1, 0.15) is 21.5 Å². The van der Waals surface area contributed by atoms with Crippen molar-refractivity contribution >= 4 is 15.6 Å². The van der Waals surface area contributed by atoms with Crippen molar-refractivity contribution in [2.75, 3.05) is 12.0 Å². The molecule has 0 spiro atoms. The average molecular weight is 248 g/mol. The van der Waals surface area contributed by atoms with Gasteiger partial charge < -0.3 is 0 Å². The van der Waals surface area contributed by atoms with Crippen LogP contribution in [0.5, 0.6) is 0 Å². The van der Waals surface area contributed by atoms with Crippen LogP contribution >= 0.6 is 0 Å². The smallest absolute Gasteiger partial charge is 0.166 e. The molecule has 16 heavy (non-hydrogen) atoms. The third kappa shape index (κ3) is 3.69. The largest absolute Gasteiger partial charge is 0.294 e. The van der Waals surface area contributed by atoms with Gasteiger partial charge in [-0.05, 0) is 18.2 Å². The van der Waals surface area contributed by atoms with Crippen molar-refractivity contribution in [1.82, 2.24) is 0 Å². The molecule has 0 amide bonds. The van der Waals surface area contributed by atoms with E-state index in [0.29, 0.717) is 0 Å². The molecule has 1 rings (SSSR count). The number of rotatable bonds is 4. The summed E-state index contributed by atoms with van der Waals surface area (Å²) in [5.74, 6) is -2.67. The lowest BCUT2D eigenvalue weighted by Crippen LogP contribution is -2.11. The Hall–Kier alpha value is -1.30. The van der Waals surface area contributed by atoms with Gasteiger partial charge in [0, 0.05) is 12.7 Å². The zero-order valence-corrected chi connectivity index (χ0v) is 9.35. The number of benzene rings is 1. The Morgan fingerprint density at radius 1 is 1.31 bits per heavy atom. The third-order valence-electron chi connectivity index (χ3n) is 1.93. The Bertz CT molecular complexity index is 509. The molecule has 0 heterocycles. The van der Waals surface area contributed by atoms with Crippen LogP contribution in [0.4, 0.5) is 8.78 Å². The number of halogens is 2. The predicted octanol–water partition coefficient (Wildman–Crippen LogP) is 1.58. The molecule has 0 aliphatic rings. The summed E-state index contributed by atoms with van der Waals surface area (Å²) in [7, 11) is -3.29. The summed E-state index contributed by atoms with van der Waals surface area (Å²) < 4.78 is 47.4. The highest BCUT2D eigenvalue weighted by molar-refractivity contribution is 7.90.